The van der Waals surface area contributed by atoms with Gasteiger partial charge in [0.15, 0.2) is 5.82 Å². The number of aryl methyl sites for hydroxylation is 2. The van der Waals surface area contributed by atoms with E-state index in [1.807, 2.05) is 36.9 Å². The van der Waals surface area contributed by atoms with Crippen molar-refractivity contribution < 1.29 is 4.79 Å². The number of hydrogen-bond acceptors (Lipinski definition) is 5. The Morgan fingerprint density at radius 2 is 1.74 bits per heavy atom. The smallest absolute Gasteiger partial charge is 0.254 e. The molecule has 0 spiro atoms. The van der Waals surface area contributed by atoms with E-state index in [1.54, 1.807) is 0 Å². The summed E-state index contributed by atoms with van der Waals surface area (Å²) in [5.41, 5.74) is 5.72. The first-order valence-electron chi connectivity index (χ1n) is 12.6. The third-order valence-corrected chi connectivity index (χ3v) is 7.40. The topological polar surface area (TPSA) is 88.9 Å². The molecule has 7 nitrogen and oxygen atoms in total. The van der Waals surface area contributed by atoms with Crippen molar-refractivity contribution in [2.75, 3.05) is 31.1 Å². The number of carbonyl (C=O) groups is 1. The molecule has 0 radical (unpaired) electrons. The summed E-state index contributed by atoms with van der Waals surface area (Å²) in [6.45, 7) is 7.43. The fourth-order valence-corrected chi connectivity index (χ4v) is 5.38. The second kappa shape index (κ2) is 9.91. The molecule has 1 amide bonds. The van der Waals surface area contributed by atoms with E-state index in [-0.39, 0.29) is 5.91 Å². The molecule has 2 saturated heterocycles. The first-order chi connectivity index (χ1) is 17.0. The van der Waals surface area contributed by atoms with Gasteiger partial charge in [0.05, 0.1) is 11.6 Å². The lowest BCUT2D eigenvalue weighted by molar-refractivity contribution is 0.0712. The molecule has 180 valence electrons. The van der Waals surface area contributed by atoms with E-state index in [4.69, 9.17) is 5.26 Å². The Kier molecular flexibility index (Phi) is 6.54. The van der Waals surface area contributed by atoms with E-state index in [0.717, 1.165) is 67.2 Å². The normalized spacial score (nSPS) is 16.8. The zero-order valence-electron chi connectivity index (χ0n) is 20.5. The lowest BCUT2D eigenvalue weighted by Crippen LogP contribution is -2.38. The second-order valence-corrected chi connectivity index (χ2v) is 9.78. The predicted molar refractivity (Wildman–Crippen MR) is 136 cm³/mol. The molecule has 0 aliphatic carbocycles. The van der Waals surface area contributed by atoms with E-state index < -0.39 is 0 Å². The lowest BCUT2D eigenvalue weighted by Gasteiger charge is -2.34. The number of likely N-dealkylation sites (tertiary alicyclic amines) is 1. The van der Waals surface area contributed by atoms with Crippen molar-refractivity contribution in [3.63, 3.8) is 0 Å². The number of nitrogens with one attached hydrogen (secondary N) is 1. The van der Waals surface area contributed by atoms with Gasteiger partial charge in [-0.3, -0.25) is 9.89 Å². The van der Waals surface area contributed by atoms with Crippen LogP contribution in [0.1, 0.15) is 70.9 Å². The molecule has 0 bridgehead atoms. The largest absolute Gasteiger partial charge is 0.371 e. The van der Waals surface area contributed by atoms with Gasteiger partial charge >= 0.3 is 0 Å². The molecule has 3 heterocycles. The molecule has 0 saturated carbocycles. The Bertz CT molecular complexity index is 1240. The van der Waals surface area contributed by atoms with Crippen molar-refractivity contribution in [1.29, 1.82) is 5.26 Å². The van der Waals surface area contributed by atoms with Crippen molar-refractivity contribution in [2.24, 2.45) is 0 Å². The van der Waals surface area contributed by atoms with E-state index in [9.17, 15) is 4.79 Å². The molecule has 0 atom stereocenters. The summed E-state index contributed by atoms with van der Waals surface area (Å²) in [6, 6.07) is 14.2. The Morgan fingerprint density at radius 3 is 2.37 bits per heavy atom. The van der Waals surface area contributed by atoms with Crippen molar-refractivity contribution in [3.8, 4) is 17.5 Å². The SMILES string of the molecule is Cc1nc(-c2cc(C(=O)N3CCC(c4ccc(C#N)cc4)CC3)c(C)cc2N2CCCCC2)n[nH]1. The number of benzene rings is 2. The zero-order valence-corrected chi connectivity index (χ0v) is 20.5. The maximum Gasteiger partial charge on any atom is 0.254 e. The number of anilines is 1. The van der Waals surface area contributed by atoms with Gasteiger partial charge in [-0.2, -0.15) is 10.4 Å². The van der Waals surface area contributed by atoms with Crippen LogP contribution in [-0.2, 0) is 0 Å². The first-order valence-corrected chi connectivity index (χ1v) is 12.6. The molecule has 2 aliphatic rings. The highest BCUT2D eigenvalue weighted by molar-refractivity contribution is 5.98. The number of hydrogen-bond donors (Lipinski definition) is 1. The number of aromatic nitrogens is 3. The van der Waals surface area contributed by atoms with E-state index in [1.165, 1.54) is 24.8 Å². The molecular formula is C28H32N6O. The third-order valence-electron chi connectivity index (χ3n) is 7.40. The Labute approximate surface area is 206 Å². The molecule has 2 aliphatic heterocycles. The Morgan fingerprint density at radius 1 is 1.03 bits per heavy atom. The first kappa shape index (κ1) is 23.1. The fourth-order valence-electron chi connectivity index (χ4n) is 5.38. The molecule has 5 rings (SSSR count). The Hall–Kier alpha value is -3.66. The van der Waals surface area contributed by atoms with Gasteiger partial charge < -0.3 is 9.80 Å². The van der Waals surface area contributed by atoms with Crippen LogP contribution in [0, 0.1) is 25.2 Å². The number of amides is 1. The maximum atomic E-state index is 13.7. The summed E-state index contributed by atoms with van der Waals surface area (Å²) in [5, 5.41) is 16.4. The quantitative estimate of drug-likeness (QED) is 0.584. The molecular weight excluding hydrogens is 436 g/mol. The predicted octanol–water partition coefficient (Wildman–Crippen LogP) is 4.97. The van der Waals surface area contributed by atoms with Crippen LogP contribution in [-0.4, -0.2) is 52.2 Å². The van der Waals surface area contributed by atoms with Crippen molar-refractivity contribution in [3.05, 3.63) is 64.5 Å². The van der Waals surface area contributed by atoms with Crippen LogP contribution in [0.15, 0.2) is 36.4 Å². The van der Waals surface area contributed by atoms with Gasteiger partial charge in [-0.15, -0.1) is 0 Å². The molecule has 7 heteroatoms. The number of aromatic amines is 1. The summed E-state index contributed by atoms with van der Waals surface area (Å²) in [7, 11) is 0. The fraction of sp³-hybridized carbons (Fsp3) is 0.429. The molecule has 2 aromatic carbocycles. The van der Waals surface area contributed by atoms with Crippen LogP contribution in [0.3, 0.4) is 0 Å². The number of carbonyl (C=O) groups excluding carboxylic acids is 1. The van der Waals surface area contributed by atoms with E-state index >= 15 is 0 Å². The molecule has 1 aromatic heterocycles. The number of rotatable bonds is 4. The highest BCUT2D eigenvalue weighted by Crippen LogP contribution is 2.35. The van der Waals surface area contributed by atoms with Gasteiger partial charge in [-0.25, -0.2) is 4.98 Å². The minimum atomic E-state index is 0.0829. The number of H-pyrrole nitrogens is 1. The highest BCUT2D eigenvalue weighted by Gasteiger charge is 2.27. The summed E-state index contributed by atoms with van der Waals surface area (Å²) in [5.74, 6) is 1.92. The van der Waals surface area contributed by atoms with E-state index in [2.05, 4.69) is 44.3 Å². The number of piperidine rings is 2. The average Bonchev–Trinajstić information content (AvgIpc) is 3.35. The highest BCUT2D eigenvalue weighted by atomic mass is 16.2. The average molecular weight is 469 g/mol. The van der Waals surface area contributed by atoms with Crippen LogP contribution in [0.4, 0.5) is 5.69 Å². The summed E-state index contributed by atoms with van der Waals surface area (Å²) >= 11 is 0. The van der Waals surface area contributed by atoms with Gasteiger partial charge in [0, 0.05) is 43.0 Å². The summed E-state index contributed by atoms with van der Waals surface area (Å²) in [4.78, 5) is 22.6. The summed E-state index contributed by atoms with van der Waals surface area (Å²) < 4.78 is 0. The third kappa shape index (κ3) is 4.79. The standard InChI is InChI=1S/C28H32N6O/c1-19-16-26(33-12-4-3-5-13-33)25(27-30-20(2)31-32-27)17-24(19)28(35)34-14-10-23(11-15-34)22-8-6-21(18-29)7-9-22/h6-9,16-17,23H,3-5,10-15H2,1-2H3,(H,30,31,32). The molecule has 2 fully saturated rings. The van der Waals surface area contributed by atoms with Crippen LogP contribution >= 0.6 is 0 Å². The van der Waals surface area contributed by atoms with Crippen LogP contribution in [0.5, 0.6) is 0 Å². The van der Waals surface area contributed by atoms with Crippen LogP contribution < -0.4 is 4.90 Å². The molecule has 0 unspecified atom stereocenters. The van der Waals surface area contributed by atoms with Crippen molar-refractivity contribution >= 4 is 11.6 Å². The lowest BCUT2D eigenvalue weighted by atomic mass is 9.88. The van der Waals surface area contributed by atoms with Crippen molar-refractivity contribution in [2.45, 2.75) is 51.9 Å². The van der Waals surface area contributed by atoms with Gasteiger partial charge in [0.2, 0.25) is 0 Å². The zero-order chi connectivity index (χ0) is 24.4. The molecule has 35 heavy (non-hydrogen) atoms. The number of nitrogens with zero attached hydrogens (tertiary/aromatic N) is 5. The van der Waals surface area contributed by atoms with Gasteiger partial charge in [0.1, 0.15) is 5.82 Å². The van der Waals surface area contributed by atoms with Gasteiger partial charge in [0.25, 0.3) is 5.91 Å². The van der Waals surface area contributed by atoms with Gasteiger partial charge in [-0.1, -0.05) is 12.1 Å². The van der Waals surface area contributed by atoms with Crippen LogP contribution in [0.25, 0.3) is 11.4 Å². The minimum Gasteiger partial charge on any atom is -0.371 e. The molecule has 3 aromatic rings. The maximum absolute atomic E-state index is 13.7. The van der Waals surface area contributed by atoms with Crippen LogP contribution in [0.2, 0.25) is 0 Å². The van der Waals surface area contributed by atoms with Gasteiger partial charge in [-0.05, 0) is 87.3 Å². The monoisotopic (exact) mass is 468 g/mol. The summed E-state index contributed by atoms with van der Waals surface area (Å²) in [6.07, 6.45) is 5.48. The van der Waals surface area contributed by atoms with Crippen molar-refractivity contribution in [1.82, 2.24) is 20.1 Å². The minimum absolute atomic E-state index is 0.0829. The number of nitriles is 1. The molecule has 1 N–H and O–H groups in total. The van der Waals surface area contributed by atoms with E-state index in [0.29, 0.717) is 17.3 Å². The second-order valence-electron chi connectivity index (χ2n) is 9.78. The Balaban J connectivity index is 1.38.